The molecule has 104 valence electrons. The van der Waals surface area contributed by atoms with Crippen LogP contribution in [0.25, 0.3) is 0 Å². The summed E-state index contributed by atoms with van der Waals surface area (Å²) in [5.41, 5.74) is -1.27. The molecule has 0 N–H and O–H groups in total. The van der Waals surface area contributed by atoms with Crippen molar-refractivity contribution in [2.24, 2.45) is 10.4 Å². The number of hydrogen-bond donors (Lipinski definition) is 0. The van der Waals surface area contributed by atoms with Gasteiger partial charge in [0.25, 0.3) is 3.79 Å². The predicted molar refractivity (Wildman–Crippen MR) is 72.5 cm³/mol. The zero-order valence-corrected chi connectivity index (χ0v) is 13.0. The highest BCUT2D eigenvalue weighted by atomic mass is 35.6. The second kappa shape index (κ2) is 5.06. The lowest BCUT2D eigenvalue weighted by Crippen LogP contribution is -2.34. The van der Waals surface area contributed by atoms with Crippen LogP contribution in [-0.2, 0) is 14.3 Å². The quantitative estimate of drug-likeness (QED) is 0.581. The Kier molecular flexibility index (Phi) is 4.46. The molecule has 0 spiro atoms. The molecule has 0 aromatic heterocycles. The lowest BCUT2D eigenvalue weighted by Gasteiger charge is -2.22. The molecule has 1 heterocycles. The monoisotopic (exact) mass is 315 g/mol. The summed E-state index contributed by atoms with van der Waals surface area (Å²) < 4.78 is 8.72. The number of ether oxygens (including phenoxy) is 2. The molecule has 0 unspecified atom stereocenters. The number of nitrogens with zero attached hydrogens (tertiary/aromatic N) is 1. The van der Waals surface area contributed by atoms with Gasteiger partial charge in [0, 0.05) is 0 Å². The molecule has 4 nitrogen and oxygen atoms in total. The highest BCUT2D eigenvalue weighted by Gasteiger charge is 2.42. The number of carbonyl (C=O) groups excluding carboxylic acids is 1. The fraction of sp³-hybridized carbons (Fsp3) is 0.818. The van der Waals surface area contributed by atoms with Crippen LogP contribution in [0, 0.1) is 5.41 Å². The summed E-state index contributed by atoms with van der Waals surface area (Å²) in [5.74, 6) is -0.275. The molecule has 7 heteroatoms. The van der Waals surface area contributed by atoms with Crippen LogP contribution in [0.3, 0.4) is 0 Å². The Morgan fingerprint density at radius 2 is 2.00 bits per heavy atom. The average molecular weight is 317 g/mol. The number of esters is 1. The van der Waals surface area contributed by atoms with Crippen molar-refractivity contribution < 1.29 is 14.3 Å². The van der Waals surface area contributed by atoms with Crippen molar-refractivity contribution in [2.45, 2.75) is 37.0 Å². The van der Waals surface area contributed by atoms with Gasteiger partial charge in [0.15, 0.2) is 0 Å². The van der Waals surface area contributed by atoms with Crippen molar-refractivity contribution in [3.8, 4) is 0 Å². The van der Waals surface area contributed by atoms with Gasteiger partial charge in [0.2, 0.25) is 5.90 Å². The van der Waals surface area contributed by atoms with Crippen LogP contribution in [0.5, 0.6) is 0 Å². The van der Waals surface area contributed by atoms with E-state index in [1.807, 2.05) is 0 Å². The molecule has 0 radical (unpaired) electrons. The Hall–Kier alpha value is -0.190. The Morgan fingerprint density at radius 1 is 1.44 bits per heavy atom. The fourth-order valence-corrected chi connectivity index (χ4v) is 1.48. The van der Waals surface area contributed by atoms with Gasteiger partial charge in [-0.25, -0.2) is 4.99 Å². The zero-order chi connectivity index (χ0) is 14.2. The number of hydrogen-bond acceptors (Lipinski definition) is 4. The number of carbonyl (C=O) groups is 1. The molecule has 0 aliphatic carbocycles. The van der Waals surface area contributed by atoms with Crippen molar-refractivity contribution >= 4 is 46.7 Å². The molecular weight excluding hydrogens is 300 g/mol. The van der Waals surface area contributed by atoms with Crippen molar-refractivity contribution in [1.82, 2.24) is 0 Å². The second-order valence-electron chi connectivity index (χ2n) is 5.53. The maximum absolute atomic E-state index is 11.7. The van der Waals surface area contributed by atoms with Gasteiger partial charge < -0.3 is 9.47 Å². The molecule has 0 aromatic rings. The Labute approximate surface area is 122 Å². The first-order valence-corrected chi connectivity index (χ1v) is 6.54. The van der Waals surface area contributed by atoms with E-state index in [4.69, 9.17) is 44.3 Å². The van der Waals surface area contributed by atoms with Gasteiger partial charge in [-0.05, 0) is 27.7 Å². The minimum Gasteiger partial charge on any atom is -0.475 e. The molecule has 1 atom stereocenters. The van der Waals surface area contributed by atoms with E-state index in [-0.39, 0.29) is 25.1 Å². The largest absolute Gasteiger partial charge is 0.475 e. The summed E-state index contributed by atoms with van der Waals surface area (Å²) in [5, 5.41) is 0. The topological polar surface area (TPSA) is 47.9 Å². The molecule has 1 rings (SSSR count). The van der Waals surface area contributed by atoms with E-state index in [1.165, 1.54) is 0 Å². The lowest BCUT2D eigenvalue weighted by atomic mass is 9.97. The number of aliphatic imine (C=N–C) groups is 1. The van der Waals surface area contributed by atoms with Gasteiger partial charge in [-0.1, -0.05) is 34.8 Å². The predicted octanol–water partition coefficient (Wildman–Crippen LogP) is 3.13. The molecule has 1 aliphatic heterocycles. The van der Waals surface area contributed by atoms with Gasteiger partial charge in [0.1, 0.15) is 18.8 Å². The number of rotatable bonds is 2. The molecule has 0 amide bonds. The lowest BCUT2D eigenvalue weighted by molar-refractivity contribution is -0.154. The van der Waals surface area contributed by atoms with Crippen molar-refractivity contribution in [2.75, 3.05) is 13.2 Å². The Balaban J connectivity index is 2.64. The first-order chi connectivity index (χ1) is 7.94. The van der Waals surface area contributed by atoms with E-state index in [0.717, 1.165) is 0 Å². The summed E-state index contributed by atoms with van der Waals surface area (Å²) in [4.78, 5) is 15.8. The van der Waals surface area contributed by atoms with Crippen LogP contribution < -0.4 is 0 Å². The van der Waals surface area contributed by atoms with Gasteiger partial charge in [-0.3, -0.25) is 4.79 Å². The smallest absolute Gasteiger partial charge is 0.311 e. The van der Waals surface area contributed by atoms with E-state index >= 15 is 0 Å². The second-order valence-corrected chi connectivity index (χ2v) is 7.81. The van der Waals surface area contributed by atoms with Crippen LogP contribution in [-0.4, -0.2) is 34.4 Å². The van der Waals surface area contributed by atoms with Crippen LogP contribution in [0.2, 0.25) is 0 Å². The molecule has 0 bridgehead atoms. The molecule has 0 saturated carbocycles. The van der Waals surface area contributed by atoms with Crippen LogP contribution >= 0.6 is 34.8 Å². The third kappa shape index (κ3) is 4.18. The minimum absolute atomic E-state index is 0.0295. The number of halogens is 3. The van der Waals surface area contributed by atoms with Gasteiger partial charge in [0.05, 0.1) is 5.41 Å². The van der Waals surface area contributed by atoms with E-state index in [2.05, 4.69) is 4.99 Å². The molecule has 1 aliphatic rings. The van der Waals surface area contributed by atoms with Crippen LogP contribution in [0.15, 0.2) is 4.99 Å². The first kappa shape index (κ1) is 15.9. The molecular formula is C11H16Cl3NO3. The van der Waals surface area contributed by atoms with Crippen LogP contribution in [0.4, 0.5) is 0 Å². The summed E-state index contributed by atoms with van der Waals surface area (Å²) in [7, 11) is 0. The van der Waals surface area contributed by atoms with E-state index in [0.29, 0.717) is 0 Å². The normalized spacial score (nSPS) is 24.5. The molecule has 0 aromatic carbocycles. The first-order valence-electron chi connectivity index (χ1n) is 5.41. The fourth-order valence-electron chi connectivity index (χ4n) is 1.19. The molecule has 18 heavy (non-hydrogen) atoms. The summed E-state index contributed by atoms with van der Waals surface area (Å²) in [6, 6.07) is 0. The average Bonchev–Trinajstić information content (AvgIpc) is 2.56. The Bertz CT molecular complexity index is 371. The highest BCUT2D eigenvalue weighted by Crippen LogP contribution is 2.34. The summed E-state index contributed by atoms with van der Waals surface area (Å²) in [6.07, 6.45) is 0. The number of alkyl halides is 3. The highest BCUT2D eigenvalue weighted by molar-refractivity contribution is 6.76. The van der Waals surface area contributed by atoms with Gasteiger partial charge in [-0.15, -0.1) is 0 Å². The summed E-state index contributed by atoms with van der Waals surface area (Å²) >= 11 is 17.0. The van der Waals surface area contributed by atoms with Crippen molar-refractivity contribution in [3.63, 3.8) is 0 Å². The van der Waals surface area contributed by atoms with Gasteiger partial charge >= 0.3 is 5.97 Å². The minimum atomic E-state index is -1.69. The van der Waals surface area contributed by atoms with Crippen LogP contribution in [0.1, 0.15) is 27.7 Å². The van der Waals surface area contributed by atoms with Crippen molar-refractivity contribution in [3.05, 3.63) is 0 Å². The standard InChI is InChI=1S/C11H16Cl3NO3/c1-9(2,3)8(16)18-6-10(4)5-17-7(15-10)11(12,13)14/h5-6H2,1-4H3/t10-/m0/s1. The zero-order valence-electron chi connectivity index (χ0n) is 10.7. The van der Waals surface area contributed by atoms with E-state index in [9.17, 15) is 4.79 Å². The third-order valence-electron chi connectivity index (χ3n) is 2.26. The molecule has 0 saturated heterocycles. The SMILES string of the molecule is CC(C)(C)C(=O)OC[C@]1(C)COC(C(Cl)(Cl)Cl)=N1. The van der Waals surface area contributed by atoms with E-state index in [1.54, 1.807) is 27.7 Å². The van der Waals surface area contributed by atoms with Gasteiger partial charge in [-0.2, -0.15) is 0 Å². The maximum Gasteiger partial charge on any atom is 0.311 e. The summed E-state index contributed by atoms with van der Waals surface area (Å²) in [6.45, 7) is 7.41. The maximum atomic E-state index is 11.7. The Morgan fingerprint density at radius 3 is 2.39 bits per heavy atom. The van der Waals surface area contributed by atoms with Crippen molar-refractivity contribution in [1.29, 1.82) is 0 Å². The third-order valence-corrected chi connectivity index (χ3v) is 2.75. The molecule has 0 fully saturated rings. The van der Waals surface area contributed by atoms with E-state index < -0.39 is 14.7 Å².